The molecule has 0 spiro atoms. The van der Waals surface area contributed by atoms with Gasteiger partial charge in [0, 0.05) is 33.7 Å². The molecule has 1 saturated heterocycles. The molecule has 0 radical (unpaired) electrons. The molecule has 2 aliphatic rings. The van der Waals surface area contributed by atoms with E-state index in [1.807, 2.05) is 35.8 Å². The molecule has 14 heteroatoms. The number of esters is 3. The number of thioether (sulfide) groups is 1. The van der Waals surface area contributed by atoms with Gasteiger partial charge in [-0.15, -0.1) is 10.2 Å². The van der Waals surface area contributed by atoms with Crippen LogP contribution in [0.2, 0.25) is 0 Å². The zero-order valence-corrected chi connectivity index (χ0v) is 25.8. The van der Waals surface area contributed by atoms with Crippen LogP contribution >= 0.6 is 11.8 Å². The lowest BCUT2D eigenvalue weighted by atomic mass is 9.97. The van der Waals surface area contributed by atoms with Gasteiger partial charge in [0.25, 0.3) is 0 Å². The number of carbonyl (C=O) groups is 4. The number of ether oxygens (including phenoxy) is 5. The van der Waals surface area contributed by atoms with Crippen molar-refractivity contribution in [3.8, 4) is 5.75 Å². The van der Waals surface area contributed by atoms with Gasteiger partial charge in [0.05, 0.1) is 0 Å². The van der Waals surface area contributed by atoms with Crippen molar-refractivity contribution in [1.82, 2.24) is 20.1 Å². The number of rotatable bonds is 11. The Morgan fingerprint density at radius 3 is 2.28 bits per heavy atom. The van der Waals surface area contributed by atoms with Crippen LogP contribution in [0.25, 0.3) is 0 Å². The van der Waals surface area contributed by atoms with Gasteiger partial charge >= 0.3 is 17.9 Å². The van der Waals surface area contributed by atoms with Crippen molar-refractivity contribution in [3.05, 3.63) is 35.7 Å². The number of amides is 1. The van der Waals surface area contributed by atoms with Crippen LogP contribution in [0.15, 0.2) is 29.4 Å². The molecule has 2 aromatic rings. The number of hydrogen-bond acceptors (Lipinski definition) is 12. The molecule has 0 unspecified atom stereocenters. The highest BCUT2D eigenvalue weighted by molar-refractivity contribution is 7.99. The van der Waals surface area contributed by atoms with E-state index in [0.717, 1.165) is 37.0 Å². The van der Waals surface area contributed by atoms with E-state index in [-0.39, 0.29) is 19.3 Å². The molecule has 1 aromatic carbocycles. The summed E-state index contributed by atoms with van der Waals surface area (Å²) in [7, 11) is 0. The number of hydrogen-bond donors (Lipinski definition) is 1. The lowest BCUT2D eigenvalue weighted by molar-refractivity contribution is -0.211. The summed E-state index contributed by atoms with van der Waals surface area (Å²) < 4.78 is 30.8. The second kappa shape index (κ2) is 14.7. The maximum Gasteiger partial charge on any atom is 0.303 e. The average Bonchev–Trinajstić information content (AvgIpc) is 3.59. The SMILES string of the molecule is CC(=O)N[C@@H]1[C@@H](OC(C)=O)[C@H](OC(C)=O)[C@@H](COC(C)=O)O[C@H]1Sc1nnc(COc2ccccc2C)n1C1CCCC1. The number of nitrogens with zero attached hydrogens (tertiary/aromatic N) is 3. The maximum atomic E-state index is 12.4. The fraction of sp³-hybridized carbons (Fsp3) is 0.586. The Balaban J connectivity index is 1.69. The molecule has 2 fully saturated rings. The van der Waals surface area contributed by atoms with Crippen molar-refractivity contribution < 1.29 is 42.9 Å². The Morgan fingerprint density at radius 1 is 0.977 bits per heavy atom. The summed E-state index contributed by atoms with van der Waals surface area (Å²) in [4.78, 5) is 48.3. The summed E-state index contributed by atoms with van der Waals surface area (Å²) >= 11 is 1.19. The summed E-state index contributed by atoms with van der Waals surface area (Å²) in [5.41, 5.74) is 0.102. The Labute approximate surface area is 254 Å². The minimum absolute atomic E-state index is 0.130. The van der Waals surface area contributed by atoms with Crippen LogP contribution in [0.4, 0.5) is 0 Å². The van der Waals surface area contributed by atoms with Gasteiger partial charge in [-0.05, 0) is 31.4 Å². The van der Waals surface area contributed by atoms with Crippen molar-refractivity contribution in [2.24, 2.45) is 0 Å². The molecular weight excluding hydrogens is 580 g/mol. The van der Waals surface area contributed by atoms with E-state index >= 15 is 0 Å². The maximum absolute atomic E-state index is 12.4. The first kappa shape index (κ1) is 32.3. The van der Waals surface area contributed by atoms with Crippen LogP contribution in [0.1, 0.15) is 70.8 Å². The zero-order chi connectivity index (χ0) is 31.1. The first-order valence-corrected chi connectivity index (χ1v) is 15.1. The number of carbonyl (C=O) groups excluding carboxylic acids is 4. The van der Waals surface area contributed by atoms with Crippen molar-refractivity contribution in [3.63, 3.8) is 0 Å². The smallest absolute Gasteiger partial charge is 0.303 e. The van der Waals surface area contributed by atoms with Crippen molar-refractivity contribution >= 4 is 35.6 Å². The van der Waals surface area contributed by atoms with Gasteiger partial charge < -0.3 is 29.0 Å². The highest BCUT2D eigenvalue weighted by Crippen LogP contribution is 2.39. The second-order valence-electron chi connectivity index (χ2n) is 10.6. The molecule has 43 heavy (non-hydrogen) atoms. The van der Waals surface area contributed by atoms with E-state index in [9.17, 15) is 19.2 Å². The number of benzene rings is 1. The highest BCUT2D eigenvalue weighted by atomic mass is 32.2. The standard InChI is InChI=1S/C29H38N4O9S/c1-16-10-6-9-13-22(16)39-15-24-31-32-29(33(24)21-11-7-8-12-21)43-28-25(30-17(2)34)27(41-20(5)37)26(40-19(4)36)23(42-28)14-38-18(3)35/h6,9-10,13,21,23,25-28H,7-8,11-12,14-15H2,1-5H3,(H,30,34)/t23-,25-,26-,27-,28+/m1/s1. The van der Waals surface area contributed by atoms with Crippen LogP contribution in [0, 0.1) is 6.92 Å². The minimum Gasteiger partial charge on any atom is -0.485 e. The molecule has 13 nitrogen and oxygen atoms in total. The van der Waals surface area contributed by atoms with Gasteiger partial charge in [0.2, 0.25) is 5.91 Å². The zero-order valence-electron chi connectivity index (χ0n) is 24.9. The van der Waals surface area contributed by atoms with Gasteiger partial charge in [0.1, 0.15) is 36.5 Å². The van der Waals surface area contributed by atoms with Gasteiger partial charge in [-0.3, -0.25) is 23.7 Å². The second-order valence-corrected chi connectivity index (χ2v) is 11.7. The predicted molar refractivity (Wildman–Crippen MR) is 153 cm³/mol. The normalized spacial score (nSPS) is 23.8. The summed E-state index contributed by atoms with van der Waals surface area (Å²) in [5, 5.41) is 12.3. The summed E-state index contributed by atoms with van der Waals surface area (Å²) in [6, 6.07) is 6.89. The molecule has 0 bridgehead atoms. The summed E-state index contributed by atoms with van der Waals surface area (Å²) in [5.74, 6) is -0.921. The molecule has 1 aromatic heterocycles. The number of para-hydroxylation sites is 1. The molecule has 1 aliphatic heterocycles. The summed E-state index contributed by atoms with van der Waals surface area (Å²) in [6.07, 6.45) is 0.660. The Hall–Kier alpha value is -3.65. The van der Waals surface area contributed by atoms with Crippen LogP contribution in [-0.2, 0) is 44.7 Å². The van der Waals surface area contributed by atoms with Crippen LogP contribution in [0.3, 0.4) is 0 Å². The van der Waals surface area contributed by atoms with E-state index in [1.165, 1.54) is 39.5 Å². The predicted octanol–water partition coefficient (Wildman–Crippen LogP) is 3.03. The molecule has 2 heterocycles. The number of nitrogens with one attached hydrogen (secondary N) is 1. The van der Waals surface area contributed by atoms with E-state index in [4.69, 9.17) is 23.7 Å². The van der Waals surface area contributed by atoms with Crippen LogP contribution < -0.4 is 10.1 Å². The number of aryl methyl sites for hydroxylation is 1. The van der Waals surface area contributed by atoms with E-state index < -0.39 is 53.6 Å². The molecule has 1 aliphatic carbocycles. The summed E-state index contributed by atoms with van der Waals surface area (Å²) in [6.45, 7) is 6.85. The lowest BCUT2D eigenvalue weighted by Crippen LogP contribution is -2.65. The third-order valence-electron chi connectivity index (χ3n) is 7.17. The van der Waals surface area contributed by atoms with Gasteiger partial charge in [-0.25, -0.2) is 0 Å². The lowest BCUT2D eigenvalue weighted by Gasteiger charge is -2.44. The Morgan fingerprint density at radius 2 is 1.65 bits per heavy atom. The fourth-order valence-corrected chi connectivity index (χ4v) is 6.60. The van der Waals surface area contributed by atoms with Crippen molar-refractivity contribution in [1.29, 1.82) is 0 Å². The van der Waals surface area contributed by atoms with E-state index in [1.54, 1.807) is 0 Å². The number of aromatic nitrogens is 3. The average molecular weight is 619 g/mol. The van der Waals surface area contributed by atoms with Crippen molar-refractivity contribution in [2.45, 2.75) is 108 Å². The van der Waals surface area contributed by atoms with E-state index in [0.29, 0.717) is 11.0 Å². The topological polar surface area (TPSA) is 157 Å². The van der Waals surface area contributed by atoms with Crippen LogP contribution in [-0.4, -0.2) is 75.0 Å². The molecule has 1 N–H and O–H groups in total. The molecule has 1 amide bonds. The molecule has 1 saturated carbocycles. The van der Waals surface area contributed by atoms with Gasteiger partial charge in [0.15, 0.2) is 23.2 Å². The largest absolute Gasteiger partial charge is 0.485 e. The van der Waals surface area contributed by atoms with Crippen molar-refractivity contribution in [2.75, 3.05) is 6.61 Å². The van der Waals surface area contributed by atoms with Crippen LogP contribution in [0.5, 0.6) is 5.75 Å². The van der Waals surface area contributed by atoms with Gasteiger partial charge in [-0.1, -0.05) is 42.8 Å². The fourth-order valence-electron chi connectivity index (χ4n) is 5.37. The third kappa shape index (κ3) is 8.47. The Kier molecular flexibility index (Phi) is 11.0. The molecular formula is C29H38N4O9S. The Bertz CT molecular complexity index is 1310. The highest BCUT2D eigenvalue weighted by Gasteiger charge is 2.51. The third-order valence-corrected chi connectivity index (χ3v) is 8.29. The first-order chi connectivity index (χ1) is 20.5. The first-order valence-electron chi connectivity index (χ1n) is 14.2. The monoisotopic (exact) mass is 618 g/mol. The molecule has 4 rings (SSSR count). The molecule has 5 atom stereocenters. The quantitative estimate of drug-likeness (QED) is 0.290. The van der Waals surface area contributed by atoms with Gasteiger partial charge in [-0.2, -0.15) is 0 Å². The van der Waals surface area contributed by atoms with E-state index in [2.05, 4.69) is 15.5 Å². The molecule has 234 valence electrons. The minimum atomic E-state index is -1.17.